The summed E-state index contributed by atoms with van der Waals surface area (Å²) in [5, 5.41) is 4.81. The average Bonchev–Trinajstić information content (AvgIpc) is 2.85. The Balaban J connectivity index is 1.78. The summed E-state index contributed by atoms with van der Waals surface area (Å²) in [6.45, 7) is 2.98. The summed E-state index contributed by atoms with van der Waals surface area (Å²) in [5.74, 6) is 0.0433. The summed E-state index contributed by atoms with van der Waals surface area (Å²) in [5.41, 5.74) is 0. The third-order valence-corrected chi connectivity index (χ3v) is 4.15. The lowest BCUT2D eigenvalue weighted by molar-refractivity contribution is -0.142. The number of carbonyl (C=O) groups excluding carboxylic acids is 2. The summed E-state index contributed by atoms with van der Waals surface area (Å²) in [7, 11) is 0. The first-order chi connectivity index (χ1) is 8.68. The van der Waals surface area contributed by atoms with Crippen LogP contribution in [-0.2, 0) is 16.0 Å². The van der Waals surface area contributed by atoms with Crippen LogP contribution in [0.5, 0.6) is 0 Å². The molecule has 2 rings (SSSR count). The molecule has 0 radical (unpaired) electrons. The molecule has 0 aromatic carbocycles. The number of aryl methyl sites for hydroxylation is 1. The minimum Gasteiger partial charge on any atom is -0.353 e. The van der Waals surface area contributed by atoms with Crippen LogP contribution in [0.3, 0.4) is 0 Å². The van der Waals surface area contributed by atoms with E-state index in [2.05, 4.69) is 11.4 Å². The summed E-state index contributed by atoms with van der Waals surface area (Å²) < 4.78 is 0. The summed E-state index contributed by atoms with van der Waals surface area (Å²) in [4.78, 5) is 26.5. The van der Waals surface area contributed by atoms with Crippen molar-refractivity contribution in [3.8, 4) is 0 Å². The molecule has 0 bridgehead atoms. The number of hydrogen-bond acceptors (Lipinski definition) is 3. The van der Waals surface area contributed by atoms with E-state index < -0.39 is 0 Å². The minimum atomic E-state index is -0.326. The molecule has 5 heteroatoms. The van der Waals surface area contributed by atoms with Gasteiger partial charge in [0.25, 0.3) is 0 Å². The number of hydrogen-bond donors (Lipinski definition) is 1. The molecule has 18 heavy (non-hydrogen) atoms. The van der Waals surface area contributed by atoms with E-state index in [0.29, 0.717) is 19.5 Å². The van der Waals surface area contributed by atoms with Crippen LogP contribution in [0.1, 0.15) is 24.6 Å². The Kier molecular flexibility index (Phi) is 4.36. The molecule has 0 aliphatic carbocycles. The molecule has 1 fully saturated rings. The number of nitrogens with zero attached hydrogens (tertiary/aromatic N) is 1. The fraction of sp³-hybridized carbons (Fsp3) is 0.538. The van der Waals surface area contributed by atoms with Gasteiger partial charge in [0.2, 0.25) is 11.8 Å². The van der Waals surface area contributed by atoms with E-state index in [-0.39, 0.29) is 17.9 Å². The van der Waals surface area contributed by atoms with Crippen molar-refractivity contribution in [2.24, 2.45) is 0 Å². The third kappa shape index (κ3) is 3.10. The maximum Gasteiger partial charge on any atom is 0.242 e. The molecular formula is C13H18N2O2S. The van der Waals surface area contributed by atoms with E-state index in [9.17, 15) is 9.59 Å². The van der Waals surface area contributed by atoms with Gasteiger partial charge in [0.05, 0.1) is 0 Å². The second kappa shape index (κ2) is 6.00. The van der Waals surface area contributed by atoms with E-state index in [1.807, 2.05) is 11.4 Å². The van der Waals surface area contributed by atoms with Crippen molar-refractivity contribution in [1.29, 1.82) is 0 Å². The van der Waals surface area contributed by atoms with Crippen LogP contribution in [0.2, 0.25) is 0 Å². The number of carbonyl (C=O) groups is 2. The number of piperazine rings is 1. The van der Waals surface area contributed by atoms with E-state index in [0.717, 1.165) is 12.8 Å². The highest BCUT2D eigenvalue weighted by Crippen LogP contribution is 2.13. The Bertz CT molecular complexity index is 417. The summed E-state index contributed by atoms with van der Waals surface area (Å²) >= 11 is 1.72. The first-order valence-corrected chi connectivity index (χ1v) is 7.16. The molecule has 1 aromatic heterocycles. The van der Waals surface area contributed by atoms with Crippen LogP contribution in [-0.4, -0.2) is 35.8 Å². The molecule has 2 amide bonds. The molecule has 1 saturated heterocycles. The maximum absolute atomic E-state index is 12.0. The van der Waals surface area contributed by atoms with E-state index in [4.69, 9.17) is 0 Å². The molecular weight excluding hydrogens is 248 g/mol. The molecule has 4 nitrogen and oxygen atoms in total. The van der Waals surface area contributed by atoms with Crippen molar-refractivity contribution in [2.45, 2.75) is 32.2 Å². The van der Waals surface area contributed by atoms with Gasteiger partial charge < -0.3 is 10.2 Å². The fourth-order valence-electron chi connectivity index (χ4n) is 2.14. The van der Waals surface area contributed by atoms with Crippen molar-refractivity contribution in [3.05, 3.63) is 22.4 Å². The lowest BCUT2D eigenvalue weighted by Crippen LogP contribution is -2.55. The second-order valence-electron chi connectivity index (χ2n) is 4.49. The molecule has 1 unspecified atom stereocenters. The maximum atomic E-state index is 12.0. The van der Waals surface area contributed by atoms with E-state index >= 15 is 0 Å². The highest BCUT2D eigenvalue weighted by Gasteiger charge is 2.28. The van der Waals surface area contributed by atoms with Crippen LogP contribution in [0.25, 0.3) is 0 Å². The Morgan fingerprint density at radius 3 is 3.17 bits per heavy atom. The molecule has 1 aliphatic heterocycles. The second-order valence-corrected chi connectivity index (χ2v) is 5.52. The Hall–Kier alpha value is -1.36. The summed E-state index contributed by atoms with van der Waals surface area (Å²) in [6, 6.07) is 3.79. The molecule has 0 saturated carbocycles. The molecule has 0 spiro atoms. The van der Waals surface area contributed by atoms with Gasteiger partial charge in [-0.05, 0) is 31.2 Å². The minimum absolute atomic E-state index is 0.0483. The van der Waals surface area contributed by atoms with Gasteiger partial charge in [-0.3, -0.25) is 9.59 Å². The van der Waals surface area contributed by atoms with Gasteiger partial charge in [-0.1, -0.05) is 6.07 Å². The van der Waals surface area contributed by atoms with Crippen molar-refractivity contribution >= 4 is 23.2 Å². The topological polar surface area (TPSA) is 49.4 Å². The fourth-order valence-corrected chi connectivity index (χ4v) is 2.89. The van der Waals surface area contributed by atoms with Gasteiger partial charge in [-0.25, -0.2) is 0 Å². The smallest absolute Gasteiger partial charge is 0.242 e. The highest BCUT2D eigenvalue weighted by atomic mass is 32.1. The number of rotatable bonds is 4. The van der Waals surface area contributed by atoms with Crippen molar-refractivity contribution in [3.63, 3.8) is 0 Å². The van der Waals surface area contributed by atoms with Gasteiger partial charge in [0.15, 0.2) is 0 Å². The van der Waals surface area contributed by atoms with Crippen LogP contribution < -0.4 is 5.32 Å². The Morgan fingerprint density at radius 1 is 1.61 bits per heavy atom. The van der Waals surface area contributed by atoms with Crippen molar-refractivity contribution in [2.75, 3.05) is 13.1 Å². The van der Waals surface area contributed by atoms with Crippen LogP contribution >= 0.6 is 11.3 Å². The van der Waals surface area contributed by atoms with E-state index in [1.165, 1.54) is 4.88 Å². The van der Waals surface area contributed by atoms with E-state index in [1.54, 1.807) is 23.2 Å². The molecule has 1 atom stereocenters. The predicted octanol–water partition coefficient (Wildman–Crippen LogP) is 1.42. The third-order valence-electron chi connectivity index (χ3n) is 3.21. The predicted molar refractivity (Wildman–Crippen MR) is 71.4 cm³/mol. The van der Waals surface area contributed by atoms with Crippen molar-refractivity contribution < 1.29 is 9.59 Å². The normalized spacial score (nSPS) is 19.7. The lowest BCUT2D eigenvalue weighted by atomic mass is 10.1. The molecule has 2 heterocycles. The number of nitrogens with one attached hydrogen (secondary N) is 1. The quantitative estimate of drug-likeness (QED) is 0.896. The van der Waals surface area contributed by atoms with Gasteiger partial charge in [0.1, 0.15) is 6.04 Å². The van der Waals surface area contributed by atoms with Gasteiger partial charge in [-0.15, -0.1) is 11.3 Å². The van der Waals surface area contributed by atoms with Crippen LogP contribution in [0, 0.1) is 0 Å². The number of thiophene rings is 1. The first-order valence-electron chi connectivity index (χ1n) is 6.28. The number of amides is 2. The highest BCUT2D eigenvalue weighted by molar-refractivity contribution is 7.09. The molecule has 1 N–H and O–H groups in total. The monoisotopic (exact) mass is 266 g/mol. The zero-order valence-corrected chi connectivity index (χ0v) is 11.3. The molecule has 1 aromatic rings. The Labute approximate surface area is 111 Å². The zero-order chi connectivity index (χ0) is 13.0. The van der Waals surface area contributed by atoms with Crippen molar-refractivity contribution in [1.82, 2.24) is 10.2 Å². The van der Waals surface area contributed by atoms with Gasteiger partial charge in [-0.2, -0.15) is 0 Å². The molecule has 98 valence electrons. The average molecular weight is 266 g/mol. The van der Waals surface area contributed by atoms with Crippen LogP contribution in [0.15, 0.2) is 17.5 Å². The Morgan fingerprint density at radius 2 is 2.44 bits per heavy atom. The first kappa shape index (κ1) is 13.1. The van der Waals surface area contributed by atoms with Gasteiger partial charge >= 0.3 is 0 Å². The lowest BCUT2D eigenvalue weighted by Gasteiger charge is -2.32. The zero-order valence-electron chi connectivity index (χ0n) is 10.5. The largest absolute Gasteiger partial charge is 0.353 e. The summed E-state index contributed by atoms with van der Waals surface area (Å²) in [6.07, 6.45) is 2.32. The van der Waals surface area contributed by atoms with Gasteiger partial charge in [0, 0.05) is 24.4 Å². The van der Waals surface area contributed by atoms with Crippen LogP contribution in [0.4, 0.5) is 0 Å². The standard InChI is InChI=1S/C13H18N2O2S/c1-10-13(17)14-7-8-15(10)12(16)6-2-4-11-5-3-9-18-11/h3,5,9-10H,2,4,6-8H2,1H3,(H,14,17). The SMILES string of the molecule is CC1C(=O)NCCN1C(=O)CCCc1cccs1. The molecule has 1 aliphatic rings.